The number of fused-ring (bicyclic) bond motifs is 1. The topological polar surface area (TPSA) is 22.1 Å². The van der Waals surface area contributed by atoms with Gasteiger partial charge in [0.15, 0.2) is 0 Å². The van der Waals surface area contributed by atoms with Gasteiger partial charge in [-0.25, -0.2) is 0 Å². The van der Waals surface area contributed by atoms with E-state index in [1.165, 1.54) is 0 Å². The molecule has 1 aromatic carbocycles. The molecule has 0 fully saturated rings. The molecule has 0 saturated carbocycles. The Balaban J connectivity index is 2.39. The summed E-state index contributed by atoms with van der Waals surface area (Å²) in [6, 6.07) is 10.2. The fourth-order valence-electron chi connectivity index (χ4n) is 1.69. The van der Waals surface area contributed by atoms with E-state index in [-0.39, 0.29) is 6.10 Å². The van der Waals surface area contributed by atoms with E-state index in [4.69, 9.17) is 4.74 Å². The molecule has 0 atom stereocenters. The summed E-state index contributed by atoms with van der Waals surface area (Å²) < 4.78 is 5.65. The number of ether oxygens (including phenoxy) is 1. The minimum absolute atomic E-state index is 0.209. The van der Waals surface area contributed by atoms with Gasteiger partial charge in [0.2, 0.25) is 0 Å². The Kier molecular flexibility index (Phi) is 3.09. The molecular formula is C14H17NO. The van der Waals surface area contributed by atoms with Crippen molar-refractivity contribution in [2.75, 3.05) is 0 Å². The first-order valence-corrected chi connectivity index (χ1v) is 5.75. The third-order valence-corrected chi connectivity index (χ3v) is 2.45. The van der Waals surface area contributed by atoms with Crippen molar-refractivity contribution in [1.82, 2.24) is 4.98 Å². The average molecular weight is 215 g/mol. The summed E-state index contributed by atoms with van der Waals surface area (Å²) in [6.07, 6.45) is 1.18. The first-order chi connectivity index (χ1) is 7.69. The van der Waals surface area contributed by atoms with Gasteiger partial charge in [0, 0.05) is 11.1 Å². The van der Waals surface area contributed by atoms with Crippen LogP contribution in [-0.2, 0) is 6.42 Å². The highest BCUT2D eigenvalue weighted by molar-refractivity contribution is 5.80. The minimum Gasteiger partial charge on any atom is -0.491 e. The fourth-order valence-corrected chi connectivity index (χ4v) is 1.69. The first kappa shape index (κ1) is 10.9. The second-order valence-corrected chi connectivity index (χ2v) is 4.18. The third-order valence-electron chi connectivity index (χ3n) is 2.45. The Morgan fingerprint density at radius 1 is 1.19 bits per heavy atom. The molecule has 0 spiro atoms. The van der Waals surface area contributed by atoms with Gasteiger partial charge in [-0.3, -0.25) is 4.98 Å². The molecule has 0 aliphatic rings. The van der Waals surface area contributed by atoms with Gasteiger partial charge in [-0.15, -0.1) is 0 Å². The lowest BCUT2D eigenvalue weighted by atomic mass is 10.2. The molecule has 2 heteroatoms. The molecule has 0 aliphatic carbocycles. The Hall–Kier alpha value is -1.57. The van der Waals surface area contributed by atoms with Crippen LogP contribution in [0.2, 0.25) is 0 Å². The largest absolute Gasteiger partial charge is 0.491 e. The summed E-state index contributed by atoms with van der Waals surface area (Å²) in [7, 11) is 0. The number of hydrogen-bond donors (Lipinski definition) is 0. The molecule has 0 unspecified atom stereocenters. The smallest absolute Gasteiger partial charge is 0.120 e. The maximum atomic E-state index is 5.65. The van der Waals surface area contributed by atoms with Crippen LogP contribution in [0.3, 0.4) is 0 Å². The highest BCUT2D eigenvalue weighted by atomic mass is 16.5. The van der Waals surface area contributed by atoms with E-state index in [1.807, 2.05) is 32.0 Å². The normalized spacial score (nSPS) is 11.0. The molecule has 0 N–H and O–H groups in total. The van der Waals surface area contributed by atoms with Crippen LogP contribution < -0.4 is 4.74 Å². The molecule has 1 heterocycles. The van der Waals surface area contributed by atoms with E-state index >= 15 is 0 Å². The standard InChI is InChI=1S/C14H17NO/c1-4-12-6-5-11-9-13(16-10(2)3)7-8-14(11)15-12/h5-10H,4H2,1-3H3. The summed E-state index contributed by atoms with van der Waals surface area (Å²) in [4.78, 5) is 4.56. The number of rotatable bonds is 3. The molecule has 0 aliphatic heterocycles. The average Bonchev–Trinajstić information content (AvgIpc) is 2.27. The molecule has 2 aromatic rings. The zero-order chi connectivity index (χ0) is 11.5. The van der Waals surface area contributed by atoms with Gasteiger partial charge in [-0.05, 0) is 44.5 Å². The van der Waals surface area contributed by atoms with E-state index in [0.717, 1.165) is 28.8 Å². The number of aryl methyl sites for hydroxylation is 1. The Labute approximate surface area is 96.3 Å². The van der Waals surface area contributed by atoms with Gasteiger partial charge in [0.25, 0.3) is 0 Å². The highest BCUT2D eigenvalue weighted by Crippen LogP contribution is 2.20. The summed E-state index contributed by atoms with van der Waals surface area (Å²) in [5.74, 6) is 0.911. The first-order valence-electron chi connectivity index (χ1n) is 5.75. The molecule has 0 amide bonds. The maximum absolute atomic E-state index is 5.65. The molecule has 0 saturated heterocycles. The fraction of sp³-hybridized carbons (Fsp3) is 0.357. The van der Waals surface area contributed by atoms with Gasteiger partial charge in [-0.2, -0.15) is 0 Å². The van der Waals surface area contributed by atoms with Crippen molar-refractivity contribution < 1.29 is 4.74 Å². The van der Waals surface area contributed by atoms with E-state index in [0.29, 0.717) is 0 Å². The second-order valence-electron chi connectivity index (χ2n) is 4.18. The molecular weight excluding hydrogens is 198 g/mol. The SMILES string of the molecule is CCc1ccc2cc(OC(C)C)ccc2n1. The van der Waals surface area contributed by atoms with Crippen LogP contribution in [-0.4, -0.2) is 11.1 Å². The lowest BCUT2D eigenvalue weighted by Crippen LogP contribution is -2.05. The van der Waals surface area contributed by atoms with Gasteiger partial charge in [-0.1, -0.05) is 13.0 Å². The Bertz CT molecular complexity index is 491. The van der Waals surface area contributed by atoms with Crippen molar-refractivity contribution in [1.29, 1.82) is 0 Å². The molecule has 0 bridgehead atoms. The van der Waals surface area contributed by atoms with Crippen LogP contribution >= 0.6 is 0 Å². The molecule has 1 aromatic heterocycles. The highest BCUT2D eigenvalue weighted by Gasteiger charge is 2.01. The quantitative estimate of drug-likeness (QED) is 0.780. The predicted molar refractivity (Wildman–Crippen MR) is 66.9 cm³/mol. The number of aromatic nitrogens is 1. The lowest BCUT2D eigenvalue weighted by molar-refractivity contribution is 0.243. The number of pyridine rings is 1. The van der Waals surface area contributed by atoms with Crippen molar-refractivity contribution in [3.05, 3.63) is 36.0 Å². The number of benzene rings is 1. The number of nitrogens with zero attached hydrogens (tertiary/aromatic N) is 1. The summed E-state index contributed by atoms with van der Waals surface area (Å²) in [5.41, 5.74) is 2.17. The van der Waals surface area contributed by atoms with Crippen LogP contribution in [0.25, 0.3) is 10.9 Å². The molecule has 16 heavy (non-hydrogen) atoms. The Morgan fingerprint density at radius 2 is 2.00 bits per heavy atom. The van der Waals surface area contributed by atoms with Crippen LogP contribution in [0.15, 0.2) is 30.3 Å². The van der Waals surface area contributed by atoms with Gasteiger partial charge < -0.3 is 4.74 Å². The van der Waals surface area contributed by atoms with E-state index < -0.39 is 0 Å². The zero-order valence-corrected chi connectivity index (χ0v) is 10.0. The van der Waals surface area contributed by atoms with Crippen molar-refractivity contribution in [3.8, 4) is 5.75 Å². The third kappa shape index (κ3) is 2.32. The van der Waals surface area contributed by atoms with E-state index in [1.54, 1.807) is 0 Å². The second kappa shape index (κ2) is 4.52. The molecule has 0 radical (unpaired) electrons. The van der Waals surface area contributed by atoms with Crippen molar-refractivity contribution >= 4 is 10.9 Å². The van der Waals surface area contributed by atoms with E-state index in [2.05, 4.69) is 24.0 Å². The summed E-state index contributed by atoms with van der Waals surface area (Å²) in [5, 5.41) is 1.13. The van der Waals surface area contributed by atoms with Crippen LogP contribution in [0.1, 0.15) is 26.5 Å². The van der Waals surface area contributed by atoms with Gasteiger partial charge in [0.1, 0.15) is 5.75 Å². The minimum atomic E-state index is 0.209. The van der Waals surface area contributed by atoms with Gasteiger partial charge in [0.05, 0.1) is 11.6 Å². The van der Waals surface area contributed by atoms with Crippen LogP contribution in [0.4, 0.5) is 0 Å². The maximum Gasteiger partial charge on any atom is 0.120 e. The summed E-state index contributed by atoms with van der Waals surface area (Å²) in [6.45, 7) is 6.18. The van der Waals surface area contributed by atoms with Crippen LogP contribution in [0.5, 0.6) is 5.75 Å². The van der Waals surface area contributed by atoms with Crippen molar-refractivity contribution in [2.24, 2.45) is 0 Å². The predicted octanol–water partition coefficient (Wildman–Crippen LogP) is 3.58. The molecule has 84 valence electrons. The lowest BCUT2D eigenvalue weighted by Gasteiger charge is -2.10. The van der Waals surface area contributed by atoms with Crippen LogP contribution in [0, 0.1) is 0 Å². The van der Waals surface area contributed by atoms with E-state index in [9.17, 15) is 0 Å². The number of hydrogen-bond acceptors (Lipinski definition) is 2. The van der Waals surface area contributed by atoms with Crippen molar-refractivity contribution in [2.45, 2.75) is 33.3 Å². The molecule has 2 rings (SSSR count). The van der Waals surface area contributed by atoms with Crippen molar-refractivity contribution in [3.63, 3.8) is 0 Å². The monoisotopic (exact) mass is 215 g/mol. The molecule has 2 nitrogen and oxygen atoms in total. The zero-order valence-electron chi connectivity index (χ0n) is 10.0. The van der Waals surface area contributed by atoms with Gasteiger partial charge >= 0.3 is 0 Å². The summed E-state index contributed by atoms with van der Waals surface area (Å²) >= 11 is 0. The Morgan fingerprint density at radius 3 is 2.69 bits per heavy atom.